The molecule has 1 aromatic carbocycles. The quantitative estimate of drug-likeness (QED) is 0.255. The first-order chi connectivity index (χ1) is 19.8. The van der Waals surface area contributed by atoms with Crippen molar-refractivity contribution in [1.29, 1.82) is 0 Å². The molecule has 0 amide bonds. The second kappa shape index (κ2) is 11.6. The van der Waals surface area contributed by atoms with Gasteiger partial charge in [0.25, 0.3) is 0 Å². The molecule has 0 saturated heterocycles. The lowest BCUT2D eigenvalue weighted by molar-refractivity contribution is 1.21. The lowest BCUT2D eigenvalue weighted by Crippen LogP contribution is -1.93. The fourth-order valence-electron chi connectivity index (χ4n) is 3.98. The van der Waals surface area contributed by atoms with Crippen LogP contribution in [-0.4, -0.2) is 24.9 Å². The molecule has 0 unspecified atom stereocenters. The van der Waals surface area contributed by atoms with Crippen LogP contribution in [0.1, 0.15) is 22.3 Å². The minimum absolute atomic E-state index is 0.751. The van der Waals surface area contributed by atoms with Gasteiger partial charge in [0.15, 0.2) is 0 Å². The SMILES string of the molecule is C(#Cc1ccnc(-c2ccccn2)c1)c1ccc(C#Cc2cc(-c3ccccn3)nc(-c3ccccn3)c2)cc1. The van der Waals surface area contributed by atoms with Crippen LogP contribution in [0.3, 0.4) is 0 Å². The second-order valence-electron chi connectivity index (χ2n) is 8.78. The van der Waals surface area contributed by atoms with Gasteiger partial charge in [0.05, 0.1) is 34.2 Å². The molecule has 0 aliphatic heterocycles. The lowest BCUT2D eigenvalue weighted by atomic mass is 10.1. The van der Waals surface area contributed by atoms with E-state index in [9.17, 15) is 0 Å². The van der Waals surface area contributed by atoms with Crippen LogP contribution in [-0.2, 0) is 0 Å². The maximum atomic E-state index is 4.79. The zero-order valence-electron chi connectivity index (χ0n) is 21.4. The zero-order valence-corrected chi connectivity index (χ0v) is 21.4. The largest absolute Gasteiger partial charge is 0.255 e. The third kappa shape index (κ3) is 5.97. The van der Waals surface area contributed by atoms with Crippen molar-refractivity contribution >= 4 is 0 Å². The van der Waals surface area contributed by atoms with Crippen molar-refractivity contribution < 1.29 is 0 Å². The second-order valence-corrected chi connectivity index (χ2v) is 8.78. The average molecular weight is 512 g/mol. The molecule has 6 aromatic rings. The fourth-order valence-corrected chi connectivity index (χ4v) is 3.98. The minimum Gasteiger partial charge on any atom is -0.255 e. The maximum Gasteiger partial charge on any atom is 0.0906 e. The Hall–Kier alpha value is -5.91. The monoisotopic (exact) mass is 511 g/mol. The topological polar surface area (TPSA) is 64.5 Å². The number of aromatic nitrogens is 5. The molecular weight excluding hydrogens is 490 g/mol. The van der Waals surface area contributed by atoms with Crippen molar-refractivity contribution in [2.24, 2.45) is 0 Å². The highest BCUT2D eigenvalue weighted by molar-refractivity contribution is 5.65. The molecular formula is C35H21N5. The highest BCUT2D eigenvalue weighted by Gasteiger charge is 2.08. The van der Waals surface area contributed by atoms with Crippen LogP contribution in [0.4, 0.5) is 0 Å². The standard InChI is InChI=1S/C35H21N5/c1-4-19-36-30(7-1)33-23-28(18-22-39-33)16-14-26-10-12-27(13-11-26)15-17-29-24-34(31-8-2-5-20-37-31)40-35(25-29)32-9-3-6-21-38-32/h1-13,18-25H. The summed E-state index contributed by atoms with van der Waals surface area (Å²) in [5.74, 6) is 13.0. The van der Waals surface area contributed by atoms with Gasteiger partial charge in [-0.05, 0) is 84.9 Å². The molecule has 186 valence electrons. The summed E-state index contributed by atoms with van der Waals surface area (Å²) < 4.78 is 0. The van der Waals surface area contributed by atoms with Crippen molar-refractivity contribution in [3.8, 4) is 57.8 Å². The number of benzene rings is 1. The van der Waals surface area contributed by atoms with Crippen LogP contribution in [0.25, 0.3) is 34.2 Å². The van der Waals surface area contributed by atoms with E-state index in [2.05, 4.69) is 43.6 Å². The number of hydrogen-bond donors (Lipinski definition) is 0. The van der Waals surface area contributed by atoms with Crippen molar-refractivity contribution in [3.05, 3.63) is 150 Å². The smallest absolute Gasteiger partial charge is 0.0906 e. The summed E-state index contributed by atoms with van der Waals surface area (Å²) in [6.07, 6.45) is 7.03. The van der Waals surface area contributed by atoms with Gasteiger partial charge in [-0.2, -0.15) is 0 Å². The Kier molecular flexibility index (Phi) is 7.11. The Labute approximate surface area is 232 Å². The molecule has 5 aromatic heterocycles. The molecule has 0 atom stereocenters. The van der Waals surface area contributed by atoms with Crippen molar-refractivity contribution in [2.45, 2.75) is 0 Å². The summed E-state index contributed by atoms with van der Waals surface area (Å²) in [6.45, 7) is 0. The summed E-state index contributed by atoms with van der Waals surface area (Å²) in [5, 5.41) is 0. The van der Waals surface area contributed by atoms with E-state index in [-0.39, 0.29) is 0 Å². The Morgan fingerprint density at radius 2 is 0.750 bits per heavy atom. The fraction of sp³-hybridized carbons (Fsp3) is 0. The first-order valence-corrected chi connectivity index (χ1v) is 12.7. The Morgan fingerprint density at radius 3 is 1.25 bits per heavy atom. The van der Waals surface area contributed by atoms with Crippen LogP contribution in [0.2, 0.25) is 0 Å². The van der Waals surface area contributed by atoms with Gasteiger partial charge < -0.3 is 0 Å². The highest BCUT2D eigenvalue weighted by Crippen LogP contribution is 2.22. The van der Waals surface area contributed by atoms with Crippen LogP contribution < -0.4 is 0 Å². The molecule has 6 rings (SSSR count). The van der Waals surface area contributed by atoms with Crippen molar-refractivity contribution in [2.75, 3.05) is 0 Å². The molecule has 0 radical (unpaired) electrons. The first-order valence-electron chi connectivity index (χ1n) is 12.7. The molecule has 0 bridgehead atoms. The number of pyridine rings is 5. The van der Waals surface area contributed by atoms with Gasteiger partial charge in [0.2, 0.25) is 0 Å². The van der Waals surface area contributed by atoms with Crippen molar-refractivity contribution in [1.82, 2.24) is 24.9 Å². The lowest BCUT2D eigenvalue weighted by Gasteiger charge is -2.05. The molecule has 0 aliphatic carbocycles. The molecule has 0 N–H and O–H groups in total. The van der Waals surface area contributed by atoms with E-state index in [4.69, 9.17) is 4.98 Å². The normalized spacial score (nSPS) is 10.1. The predicted octanol–water partition coefficient (Wildman–Crippen LogP) is 6.46. The van der Waals surface area contributed by atoms with E-state index >= 15 is 0 Å². The molecule has 40 heavy (non-hydrogen) atoms. The summed E-state index contributed by atoms with van der Waals surface area (Å²) >= 11 is 0. The van der Waals surface area contributed by atoms with E-state index in [1.165, 1.54) is 0 Å². The summed E-state index contributed by atoms with van der Waals surface area (Å²) in [4.78, 5) is 22.5. The molecule has 0 saturated carbocycles. The first kappa shape index (κ1) is 24.4. The van der Waals surface area contributed by atoms with Crippen molar-refractivity contribution in [3.63, 3.8) is 0 Å². The third-order valence-electron chi connectivity index (χ3n) is 5.95. The van der Waals surface area contributed by atoms with Gasteiger partial charge in [-0.3, -0.25) is 19.9 Å². The molecule has 0 spiro atoms. The van der Waals surface area contributed by atoms with E-state index in [1.807, 2.05) is 103 Å². The minimum atomic E-state index is 0.751. The zero-order chi connectivity index (χ0) is 27.0. The molecule has 5 nitrogen and oxygen atoms in total. The van der Waals surface area contributed by atoms with Crippen LogP contribution in [0.15, 0.2) is 128 Å². The number of rotatable bonds is 3. The van der Waals surface area contributed by atoms with E-state index in [1.54, 1.807) is 24.8 Å². The van der Waals surface area contributed by atoms with Crippen LogP contribution in [0.5, 0.6) is 0 Å². The van der Waals surface area contributed by atoms with Gasteiger partial charge in [0, 0.05) is 47.0 Å². The number of nitrogens with zero attached hydrogens (tertiary/aromatic N) is 5. The van der Waals surface area contributed by atoms with Gasteiger partial charge in [-0.15, -0.1) is 0 Å². The average Bonchev–Trinajstić information content (AvgIpc) is 3.04. The van der Waals surface area contributed by atoms with Crippen LogP contribution in [0, 0.1) is 23.7 Å². The van der Waals surface area contributed by atoms with E-state index < -0.39 is 0 Å². The Bertz CT molecular complexity index is 1820. The summed E-state index contributed by atoms with van der Waals surface area (Å²) in [7, 11) is 0. The Balaban J connectivity index is 1.24. The third-order valence-corrected chi connectivity index (χ3v) is 5.95. The van der Waals surface area contributed by atoms with Gasteiger partial charge >= 0.3 is 0 Å². The van der Waals surface area contributed by atoms with E-state index in [0.29, 0.717) is 0 Å². The molecule has 0 aliphatic rings. The molecule has 5 heteroatoms. The summed E-state index contributed by atoms with van der Waals surface area (Å²) in [6, 6.07) is 33.0. The predicted molar refractivity (Wildman–Crippen MR) is 157 cm³/mol. The van der Waals surface area contributed by atoms with Crippen LogP contribution >= 0.6 is 0 Å². The molecule has 0 fully saturated rings. The van der Waals surface area contributed by atoms with E-state index in [0.717, 1.165) is 56.4 Å². The van der Waals surface area contributed by atoms with Gasteiger partial charge in [-0.1, -0.05) is 41.9 Å². The highest BCUT2D eigenvalue weighted by atomic mass is 14.8. The number of hydrogen-bond acceptors (Lipinski definition) is 5. The summed E-state index contributed by atoms with van der Waals surface area (Å²) in [5.41, 5.74) is 8.20. The maximum absolute atomic E-state index is 4.79. The van der Waals surface area contributed by atoms with Gasteiger partial charge in [-0.25, -0.2) is 4.98 Å². The molecule has 5 heterocycles. The Morgan fingerprint density at radius 1 is 0.325 bits per heavy atom. The van der Waals surface area contributed by atoms with Gasteiger partial charge in [0.1, 0.15) is 0 Å².